The van der Waals surface area contributed by atoms with Gasteiger partial charge in [-0.1, -0.05) is 31.9 Å². The minimum Gasteiger partial charge on any atom is -0.327 e. The summed E-state index contributed by atoms with van der Waals surface area (Å²) in [4.78, 5) is 4.28. The van der Waals surface area contributed by atoms with Crippen LogP contribution in [0.5, 0.6) is 0 Å². The first kappa shape index (κ1) is 13.8. The lowest BCUT2D eigenvalue weighted by atomic mass is 10.1. The smallest absolute Gasteiger partial charge is 0.0964 e. The summed E-state index contributed by atoms with van der Waals surface area (Å²) >= 11 is 7.55. The van der Waals surface area contributed by atoms with Crippen molar-refractivity contribution in [3.63, 3.8) is 0 Å². The SMILES string of the molecule is CCCC(N)C(CC)Sc1ccc(Cl)cn1. The first-order valence-corrected chi connectivity index (χ1v) is 6.96. The van der Waals surface area contributed by atoms with E-state index in [-0.39, 0.29) is 6.04 Å². The van der Waals surface area contributed by atoms with Crippen molar-refractivity contribution in [2.45, 2.75) is 49.4 Å². The van der Waals surface area contributed by atoms with E-state index in [1.807, 2.05) is 12.1 Å². The van der Waals surface area contributed by atoms with E-state index in [0.717, 1.165) is 24.3 Å². The van der Waals surface area contributed by atoms with E-state index in [4.69, 9.17) is 17.3 Å². The predicted molar refractivity (Wildman–Crippen MR) is 72.1 cm³/mol. The molecule has 0 bridgehead atoms. The molecule has 0 aromatic carbocycles. The molecule has 2 nitrogen and oxygen atoms in total. The Balaban J connectivity index is 2.59. The topological polar surface area (TPSA) is 38.9 Å². The molecule has 90 valence electrons. The minimum absolute atomic E-state index is 0.248. The number of aromatic nitrogens is 1. The van der Waals surface area contributed by atoms with Gasteiger partial charge >= 0.3 is 0 Å². The lowest BCUT2D eigenvalue weighted by molar-refractivity contribution is 0.566. The highest BCUT2D eigenvalue weighted by molar-refractivity contribution is 7.99. The van der Waals surface area contributed by atoms with Crippen LogP contribution in [0, 0.1) is 0 Å². The Bertz CT molecular complexity index is 302. The second-order valence-electron chi connectivity index (χ2n) is 3.83. The molecule has 0 saturated carbocycles. The molecule has 16 heavy (non-hydrogen) atoms. The fourth-order valence-corrected chi connectivity index (χ4v) is 2.74. The molecule has 4 heteroatoms. The Labute approximate surface area is 107 Å². The van der Waals surface area contributed by atoms with Crippen LogP contribution < -0.4 is 5.73 Å². The molecule has 1 aromatic heterocycles. The first-order valence-electron chi connectivity index (χ1n) is 5.71. The lowest BCUT2D eigenvalue weighted by Crippen LogP contribution is -2.31. The molecular formula is C12H19ClN2S. The van der Waals surface area contributed by atoms with Gasteiger partial charge in [-0.2, -0.15) is 0 Å². The van der Waals surface area contributed by atoms with Gasteiger partial charge in [0.15, 0.2) is 0 Å². The quantitative estimate of drug-likeness (QED) is 0.791. The van der Waals surface area contributed by atoms with E-state index in [2.05, 4.69) is 18.8 Å². The van der Waals surface area contributed by atoms with Crippen molar-refractivity contribution < 1.29 is 0 Å². The zero-order valence-corrected chi connectivity index (χ0v) is 11.4. The summed E-state index contributed by atoms with van der Waals surface area (Å²) in [5, 5.41) is 2.12. The van der Waals surface area contributed by atoms with Crippen LogP contribution in [0.4, 0.5) is 0 Å². The highest BCUT2D eigenvalue weighted by atomic mass is 35.5. The van der Waals surface area contributed by atoms with Crippen LogP contribution in [-0.4, -0.2) is 16.3 Å². The number of nitrogens with zero attached hydrogens (tertiary/aromatic N) is 1. The van der Waals surface area contributed by atoms with Gasteiger partial charge in [0.05, 0.1) is 10.0 Å². The summed E-state index contributed by atoms with van der Waals surface area (Å²) in [6.45, 7) is 4.33. The molecule has 0 aliphatic rings. The fourth-order valence-electron chi connectivity index (χ4n) is 1.58. The second kappa shape index (κ2) is 7.15. The fraction of sp³-hybridized carbons (Fsp3) is 0.583. The van der Waals surface area contributed by atoms with Crippen LogP contribution in [-0.2, 0) is 0 Å². The summed E-state index contributed by atoms with van der Waals surface area (Å²) in [6.07, 6.45) is 4.95. The van der Waals surface area contributed by atoms with Crippen molar-refractivity contribution in [1.82, 2.24) is 4.98 Å². The van der Waals surface area contributed by atoms with Gasteiger partial charge < -0.3 is 5.73 Å². The van der Waals surface area contributed by atoms with E-state index < -0.39 is 0 Å². The monoisotopic (exact) mass is 258 g/mol. The van der Waals surface area contributed by atoms with Crippen molar-refractivity contribution in [2.24, 2.45) is 5.73 Å². The van der Waals surface area contributed by atoms with Crippen LogP contribution in [0.25, 0.3) is 0 Å². The van der Waals surface area contributed by atoms with Gasteiger partial charge in [0.1, 0.15) is 0 Å². The number of hydrogen-bond donors (Lipinski definition) is 1. The molecule has 2 atom stereocenters. The predicted octanol–water partition coefficient (Wildman–Crippen LogP) is 3.73. The summed E-state index contributed by atoms with van der Waals surface area (Å²) in [6, 6.07) is 4.07. The van der Waals surface area contributed by atoms with Gasteiger partial charge in [0, 0.05) is 17.5 Å². The second-order valence-corrected chi connectivity index (χ2v) is 5.53. The maximum atomic E-state index is 6.14. The number of nitrogens with two attached hydrogens (primary N) is 1. The van der Waals surface area contributed by atoms with Gasteiger partial charge in [-0.25, -0.2) is 4.98 Å². The third-order valence-corrected chi connectivity index (χ3v) is 4.17. The van der Waals surface area contributed by atoms with Crippen molar-refractivity contribution in [1.29, 1.82) is 0 Å². The Morgan fingerprint density at radius 3 is 2.69 bits per heavy atom. The number of thioether (sulfide) groups is 1. The molecule has 0 radical (unpaired) electrons. The summed E-state index contributed by atoms with van der Waals surface area (Å²) < 4.78 is 0. The maximum Gasteiger partial charge on any atom is 0.0964 e. The van der Waals surface area contributed by atoms with E-state index in [9.17, 15) is 0 Å². The molecule has 0 saturated heterocycles. The number of rotatable bonds is 6. The van der Waals surface area contributed by atoms with E-state index in [0.29, 0.717) is 10.3 Å². The van der Waals surface area contributed by atoms with Gasteiger partial charge in [-0.05, 0) is 25.0 Å². The molecule has 0 aliphatic carbocycles. The summed E-state index contributed by atoms with van der Waals surface area (Å²) in [5.41, 5.74) is 6.14. The molecular weight excluding hydrogens is 240 g/mol. The third kappa shape index (κ3) is 4.32. The molecule has 1 aromatic rings. The highest BCUT2D eigenvalue weighted by Crippen LogP contribution is 2.27. The first-order chi connectivity index (χ1) is 7.67. The average molecular weight is 259 g/mol. The molecule has 0 spiro atoms. The third-order valence-electron chi connectivity index (χ3n) is 2.47. The number of hydrogen-bond acceptors (Lipinski definition) is 3. The van der Waals surface area contributed by atoms with Crippen LogP contribution in [0.15, 0.2) is 23.4 Å². The summed E-state index contributed by atoms with van der Waals surface area (Å²) in [7, 11) is 0. The molecule has 1 rings (SSSR count). The van der Waals surface area contributed by atoms with Gasteiger partial charge in [-0.3, -0.25) is 0 Å². The van der Waals surface area contributed by atoms with Crippen LogP contribution in [0.3, 0.4) is 0 Å². The Kier molecular flexibility index (Phi) is 6.17. The van der Waals surface area contributed by atoms with E-state index >= 15 is 0 Å². The molecule has 0 fully saturated rings. The van der Waals surface area contributed by atoms with E-state index in [1.165, 1.54) is 0 Å². The van der Waals surface area contributed by atoms with Gasteiger partial charge in [0.2, 0.25) is 0 Å². The maximum absolute atomic E-state index is 6.14. The number of halogens is 1. The molecule has 2 N–H and O–H groups in total. The molecule has 1 heterocycles. The largest absolute Gasteiger partial charge is 0.327 e. The zero-order valence-electron chi connectivity index (χ0n) is 9.82. The standard InChI is InChI=1S/C12H19ClN2S/c1-3-5-10(14)11(4-2)16-12-7-6-9(13)8-15-12/h6-8,10-11H,3-5,14H2,1-2H3. The van der Waals surface area contributed by atoms with Gasteiger partial charge in [-0.15, -0.1) is 11.8 Å². The minimum atomic E-state index is 0.248. The van der Waals surface area contributed by atoms with Gasteiger partial charge in [0.25, 0.3) is 0 Å². The van der Waals surface area contributed by atoms with Crippen LogP contribution in [0.1, 0.15) is 33.1 Å². The Morgan fingerprint density at radius 1 is 1.44 bits per heavy atom. The molecule has 0 aliphatic heterocycles. The van der Waals surface area contributed by atoms with Crippen LogP contribution >= 0.6 is 23.4 Å². The highest BCUT2D eigenvalue weighted by Gasteiger charge is 2.16. The van der Waals surface area contributed by atoms with Crippen molar-refractivity contribution in [2.75, 3.05) is 0 Å². The molecule has 2 unspecified atom stereocenters. The Hall–Kier alpha value is -0.250. The molecule has 0 amide bonds. The summed E-state index contributed by atoms with van der Waals surface area (Å²) in [5.74, 6) is 0. The Morgan fingerprint density at radius 2 is 2.19 bits per heavy atom. The van der Waals surface area contributed by atoms with Crippen molar-refractivity contribution in [3.8, 4) is 0 Å². The van der Waals surface area contributed by atoms with E-state index in [1.54, 1.807) is 18.0 Å². The van der Waals surface area contributed by atoms with Crippen LogP contribution in [0.2, 0.25) is 5.02 Å². The normalized spacial score (nSPS) is 14.8. The van der Waals surface area contributed by atoms with Crippen molar-refractivity contribution >= 4 is 23.4 Å². The lowest BCUT2D eigenvalue weighted by Gasteiger charge is -2.21. The zero-order chi connectivity index (χ0) is 12.0. The van der Waals surface area contributed by atoms with Crippen molar-refractivity contribution in [3.05, 3.63) is 23.4 Å². The average Bonchev–Trinajstić information content (AvgIpc) is 2.28. The number of pyridine rings is 1.